The highest BCUT2D eigenvalue weighted by molar-refractivity contribution is 5.21. The van der Waals surface area contributed by atoms with E-state index in [1.54, 1.807) is 0 Å². The Morgan fingerprint density at radius 2 is 1.04 bits per heavy atom. The Hall–Kier alpha value is -1.40. The van der Waals surface area contributed by atoms with E-state index in [0.29, 0.717) is 25.0 Å². The van der Waals surface area contributed by atoms with E-state index >= 15 is 0 Å². The number of hydrogen-bond donors (Lipinski definition) is 0. The Kier molecular flexibility index (Phi) is 12.2. The van der Waals surface area contributed by atoms with Gasteiger partial charge in [0.25, 0.3) is 0 Å². The van der Waals surface area contributed by atoms with Crippen LogP contribution in [0.4, 0.5) is 0 Å². The van der Waals surface area contributed by atoms with Crippen LogP contribution in [0.1, 0.15) is 81.1 Å². The van der Waals surface area contributed by atoms with Gasteiger partial charge in [0.05, 0.1) is 13.2 Å². The first-order valence-corrected chi connectivity index (χ1v) is 9.78. The zero-order valence-electron chi connectivity index (χ0n) is 18.2. The molecule has 0 bridgehead atoms. The lowest BCUT2D eigenvalue weighted by atomic mass is 9.90. The third-order valence-corrected chi connectivity index (χ3v) is 3.84. The zero-order valence-corrected chi connectivity index (χ0v) is 18.2. The summed E-state index contributed by atoms with van der Waals surface area (Å²) in [7, 11) is 0. The molecule has 0 aromatic heterocycles. The maximum Gasteiger partial charge on any atom is 0.126 e. The predicted molar refractivity (Wildman–Crippen MR) is 112 cm³/mol. The largest absolute Gasteiger partial charge is 0.362 e. The topological polar surface area (TPSA) is 18.5 Å². The first kappa shape index (κ1) is 24.6. The Labute approximate surface area is 162 Å². The molecule has 0 aliphatic carbocycles. The SMILES string of the molecule is CC#CCCOC(C)(C#CC(C)(CC(C)C)OCCC#CC)CC(C)C. The predicted octanol–water partition coefficient (Wildman–Crippen LogP) is 5.46. The first-order valence-electron chi connectivity index (χ1n) is 9.78. The van der Waals surface area contributed by atoms with Gasteiger partial charge in [-0.2, -0.15) is 0 Å². The van der Waals surface area contributed by atoms with Crippen LogP contribution in [-0.4, -0.2) is 24.4 Å². The summed E-state index contributed by atoms with van der Waals surface area (Å²) in [5.74, 6) is 19.7. The second kappa shape index (κ2) is 12.9. The van der Waals surface area contributed by atoms with Crippen LogP contribution in [0, 0.1) is 47.4 Å². The van der Waals surface area contributed by atoms with E-state index in [1.807, 2.05) is 13.8 Å². The average Bonchev–Trinajstić information content (AvgIpc) is 2.53. The molecule has 0 rings (SSSR count). The van der Waals surface area contributed by atoms with Gasteiger partial charge < -0.3 is 9.47 Å². The van der Waals surface area contributed by atoms with Crippen molar-refractivity contribution in [2.45, 2.75) is 92.3 Å². The third-order valence-electron chi connectivity index (χ3n) is 3.84. The molecule has 0 aromatic carbocycles. The molecule has 0 aliphatic heterocycles. The van der Waals surface area contributed by atoms with E-state index in [-0.39, 0.29) is 0 Å². The van der Waals surface area contributed by atoms with Crippen molar-refractivity contribution < 1.29 is 9.47 Å². The molecule has 0 aliphatic rings. The minimum Gasteiger partial charge on any atom is -0.362 e. The van der Waals surface area contributed by atoms with Crippen molar-refractivity contribution in [1.29, 1.82) is 0 Å². The highest BCUT2D eigenvalue weighted by atomic mass is 16.5. The van der Waals surface area contributed by atoms with Gasteiger partial charge in [-0.05, 0) is 52.4 Å². The lowest BCUT2D eigenvalue weighted by Crippen LogP contribution is -2.33. The zero-order chi connectivity index (χ0) is 20.1. The fraction of sp³-hybridized carbons (Fsp3) is 0.750. The molecule has 0 N–H and O–H groups in total. The summed E-state index contributed by atoms with van der Waals surface area (Å²) in [6.45, 7) is 17.9. The van der Waals surface area contributed by atoms with Gasteiger partial charge in [-0.25, -0.2) is 0 Å². The van der Waals surface area contributed by atoms with Crippen LogP contribution >= 0.6 is 0 Å². The Morgan fingerprint density at radius 1 is 0.692 bits per heavy atom. The summed E-state index contributed by atoms with van der Waals surface area (Å²) in [4.78, 5) is 0. The first-order chi connectivity index (χ1) is 12.2. The fourth-order valence-corrected chi connectivity index (χ4v) is 3.02. The van der Waals surface area contributed by atoms with Crippen LogP contribution in [0.15, 0.2) is 0 Å². The minimum absolute atomic E-state index is 0.478. The van der Waals surface area contributed by atoms with Gasteiger partial charge in [0.2, 0.25) is 0 Å². The Balaban J connectivity index is 5.29. The van der Waals surface area contributed by atoms with Crippen LogP contribution in [0.3, 0.4) is 0 Å². The molecule has 2 nitrogen and oxygen atoms in total. The van der Waals surface area contributed by atoms with E-state index < -0.39 is 11.2 Å². The van der Waals surface area contributed by atoms with Crippen LogP contribution in [0.5, 0.6) is 0 Å². The Morgan fingerprint density at radius 3 is 1.31 bits per heavy atom. The van der Waals surface area contributed by atoms with Gasteiger partial charge in [0, 0.05) is 12.8 Å². The molecule has 0 spiro atoms. The summed E-state index contributed by atoms with van der Waals surface area (Å²) in [5.41, 5.74) is -0.956. The second-order valence-electron chi connectivity index (χ2n) is 7.96. The Bertz CT molecular complexity index is 521. The van der Waals surface area contributed by atoms with E-state index in [1.165, 1.54) is 0 Å². The van der Waals surface area contributed by atoms with Crippen molar-refractivity contribution in [3.63, 3.8) is 0 Å². The van der Waals surface area contributed by atoms with Crippen molar-refractivity contribution in [3.8, 4) is 35.5 Å². The maximum absolute atomic E-state index is 6.13. The molecule has 0 aromatic rings. The smallest absolute Gasteiger partial charge is 0.126 e. The van der Waals surface area contributed by atoms with Crippen molar-refractivity contribution >= 4 is 0 Å². The van der Waals surface area contributed by atoms with Crippen molar-refractivity contribution in [3.05, 3.63) is 0 Å². The molecule has 0 heterocycles. The second-order valence-corrected chi connectivity index (χ2v) is 7.96. The van der Waals surface area contributed by atoms with E-state index in [2.05, 4.69) is 77.1 Å². The quantitative estimate of drug-likeness (QED) is 0.381. The molecule has 0 radical (unpaired) electrons. The molecule has 2 unspecified atom stereocenters. The van der Waals surface area contributed by atoms with Crippen LogP contribution in [0.2, 0.25) is 0 Å². The van der Waals surface area contributed by atoms with Gasteiger partial charge in [0.15, 0.2) is 0 Å². The summed E-state index contributed by atoms with van der Waals surface area (Å²) >= 11 is 0. The molecule has 2 atom stereocenters. The van der Waals surface area contributed by atoms with Gasteiger partial charge in [-0.3, -0.25) is 0 Å². The van der Waals surface area contributed by atoms with Crippen molar-refractivity contribution in [2.24, 2.45) is 11.8 Å². The molecule has 0 amide bonds. The van der Waals surface area contributed by atoms with E-state index in [0.717, 1.165) is 25.7 Å². The van der Waals surface area contributed by atoms with Crippen LogP contribution in [0.25, 0.3) is 0 Å². The highest BCUT2D eigenvalue weighted by Gasteiger charge is 2.28. The summed E-state index contributed by atoms with van der Waals surface area (Å²) < 4.78 is 12.3. The normalized spacial score (nSPS) is 15.0. The van der Waals surface area contributed by atoms with E-state index in [9.17, 15) is 0 Å². The molecular formula is C24H38O2. The van der Waals surface area contributed by atoms with Crippen molar-refractivity contribution in [1.82, 2.24) is 0 Å². The summed E-state index contributed by atoms with van der Waals surface area (Å²) in [5, 5.41) is 0. The molecular weight excluding hydrogens is 320 g/mol. The fourth-order valence-electron chi connectivity index (χ4n) is 3.02. The molecule has 146 valence electrons. The average molecular weight is 359 g/mol. The standard InChI is InChI=1S/C24H38O2/c1-9-11-13-17-25-23(7,19-21(3)4)15-16-24(8,20-22(5)6)26-18-14-12-10-2/h21-22H,13-14,17-20H2,1-8H3. The van der Waals surface area contributed by atoms with Gasteiger partial charge in [-0.15, -0.1) is 23.7 Å². The molecule has 2 heteroatoms. The monoisotopic (exact) mass is 358 g/mol. The van der Waals surface area contributed by atoms with Crippen LogP contribution < -0.4 is 0 Å². The van der Waals surface area contributed by atoms with Gasteiger partial charge in [0.1, 0.15) is 11.2 Å². The summed E-state index contributed by atoms with van der Waals surface area (Å²) in [6.07, 6.45) is 3.25. The van der Waals surface area contributed by atoms with Crippen LogP contribution in [-0.2, 0) is 9.47 Å². The molecule has 0 fully saturated rings. The molecule has 0 saturated carbocycles. The lowest BCUT2D eigenvalue weighted by Gasteiger charge is -2.29. The number of hydrogen-bond acceptors (Lipinski definition) is 2. The highest BCUT2D eigenvalue weighted by Crippen LogP contribution is 2.24. The number of ether oxygens (including phenoxy) is 2. The lowest BCUT2D eigenvalue weighted by molar-refractivity contribution is -0.00674. The van der Waals surface area contributed by atoms with Gasteiger partial charge in [-0.1, -0.05) is 39.5 Å². The third kappa shape index (κ3) is 12.0. The minimum atomic E-state index is -0.478. The van der Waals surface area contributed by atoms with E-state index in [4.69, 9.17) is 9.47 Å². The molecule has 26 heavy (non-hydrogen) atoms. The summed E-state index contributed by atoms with van der Waals surface area (Å²) in [6, 6.07) is 0. The maximum atomic E-state index is 6.13. The van der Waals surface area contributed by atoms with Crippen molar-refractivity contribution in [2.75, 3.05) is 13.2 Å². The number of rotatable bonds is 10. The van der Waals surface area contributed by atoms with Gasteiger partial charge >= 0.3 is 0 Å². The molecule has 0 saturated heterocycles.